The normalized spacial score (nSPS) is 23.5. The van der Waals surface area contributed by atoms with Crippen LogP contribution in [0.3, 0.4) is 0 Å². The standard InChI is InChI=1S/C15H16BF2N2O2/c1-8-5-12(19-10(8)3)14-7-15(22-16(17,18)21-14)13-6-9(2)11(4)20-13/h5-7,19H,1-4H3/q-1/p+1/b15-13-. The average Bonchev–Trinajstić information content (AvgIpc) is 2.92. The smallest absolute Gasteiger partial charge is 0.626 e. The molecule has 0 aromatic carbocycles. The number of aromatic amines is 1. The van der Waals surface area contributed by atoms with E-state index in [9.17, 15) is 8.63 Å². The van der Waals surface area contributed by atoms with Crippen molar-refractivity contribution in [1.29, 1.82) is 0 Å². The van der Waals surface area contributed by atoms with Crippen LogP contribution < -0.4 is 4.99 Å². The van der Waals surface area contributed by atoms with Crippen molar-refractivity contribution in [2.45, 2.75) is 27.7 Å². The van der Waals surface area contributed by atoms with Gasteiger partial charge in [-0.2, -0.15) is 0 Å². The molecule has 3 rings (SSSR count). The molecule has 1 aromatic rings. The first-order valence-corrected chi connectivity index (χ1v) is 7.05. The first-order valence-electron chi connectivity index (χ1n) is 7.05. The molecule has 7 heteroatoms. The highest BCUT2D eigenvalue weighted by molar-refractivity contribution is 6.53. The molecule has 2 N–H and O–H groups in total. The van der Waals surface area contributed by atoms with Gasteiger partial charge in [0.15, 0.2) is 11.5 Å². The Morgan fingerprint density at radius 3 is 2.36 bits per heavy atom. The number of aromatic nitrogens is 1. The molecule has 0 atom stereocenters. The monoisotopic (exact) mass is 306 g/mol. The summed E-state index contributed by atoms with van der Waals surface area (Å²) in [6.45, 7) is 7.57. The minimum absolute atomic E-state index is 0.0763. The van der Waals surface area contributed by atoms with E-state index in [1.54, 1.807) is 12.1 Å². The molecular weight excluding hydrogens is 289 g/mol. The van der Waals surface area contributed by atoms with Gasteiger partial charge in [0.05, 0.1) is 5.69 Å². The number of rotatable bonds is 1. The summed E-state index contributed by atoms with van der Waals surface area (Å²) in [7, 11) is -4.40. The molecule has 1 aromatic heterocycles. The molecule has 0 radical (unpaired) electrons. The summed E-state index contributed by atoms with van der Waals surface area (Å²) in [6.07, 6.45) is 3.26. The molecule has 22 heavy (non-hydrogen) atoms. The van der Waals surface area contributed by atoms with Crippen LogP contribution in [0.5, 0.6) is 0 Å². The third-order valence-electron chi connectivity index (χ3n) is 3.87. The van der Waals surface area contributed by atoms with Crippen molar-refractivity contribution >= 4 is 18.6 Å². The van der Waals surface area contributed by atoms with Crippen LogP contribution >= 0.6 is 0 Å². The van der Waals surface area contributed by atoms with Gasteiger partial charge < -0.3 is 22.9 Å². The molecule has 116 valence electrons. The number of hydrogen-bond acceptors (Lipinski definition) is 2. The van der Waals surface area contributed by atoms with Gasteiger partial charge in [-0.1, -0.05) is 0 Å². The first-order chi connectivity index (χ1) is 10.2. The Kier molecular flexibility index (Phi) is 3.23. The van der Waals surface area contributed by atoms with Crippen LogP contribution in [-0.4, -0.2) is 17.8 Å². The van der Waals surface area contributed by atoms with E-state index in [1.165, 1.54) is 6.08 Å². The summed E-state index contributed by atoms with van der Waals surface area (Å²) >= 11 is 0. The maximum absolute atomic E-state index is 13.8. The predicted octanol–water partition coefficient (Wildman–Crippen LogP) is 2.11. The lowest BCUT2D eigenvalue weighted by Gasteiger charge is -2.33. The van der Waals surface area contributed by atoms with Gasteiger partial charge in [0.2, 0.25) is 5.70 Å². The van der Waals surface area contributed by atoms with Gasteiger partial charge in [0.25, 0.3) is 0 Å². The summed E-state index contributed by atoms with van der Waals surface area (Å²) in [6, 6.07) is 1.78. The van der Waals surface area contributed by atoms with Gasteiger partial charge in [0.1, 0.15) is 5.76 Å². The second-order valence-electron chi connectivity index (χ2n) is 5.63. The maximum Gasteiger partial charge on any atom is 0.726 e. The fraction of sp³-hybridized carbons (Fsp3) is 0.267. The van der Waals surface area contributed by atoms with E-state index >= 15 is 0 Å². The van der Waals surface area contributed by atoms with E-state index < -0.39 is 7.11 Å². The fourth-order valence-corrected chi connectivity index (χ4v) is 2.38. The van der Waals surface area contributed by atoms with Crippen LogP contribution in [0.4, 0.5) is 8.63 Å². The van der Waals surface area contributed by atoms with Gasteiger partial charge in [-0.15, -0.1) is 0 Å². The Hall–Kier alpha value is -2.31. The van der Waals surface area contributed by atoms with E-state index in [-0.39, 0.29) is 11.5 Å². The van der Waals surface area contributed by atoms with Crippen molar-refractivity contribution in [2.75, 3.05) is 0 Å². The topological polar surface area (TPSA) is 48.2 Å². The van der Waals surface area contributed by atoms with E-state index in [1.807, 2.05) is 27.7 Å². The molecule has 0 aliphatic carbocycles. The molecular formula is C15H17BF2N2O2. The molecule has 2 aliphatic heterocycles. The summed E-state index contributed by atoms with van der Waals surface area (Å²) in [5.74, 6) is 0.153. The SMILES string of the molecule is CC1=C/C(=C2\C=C(c3cc(C)c(C)[nH]3)O[B-](F)(F)O2)[NH+]=C1C. The number of halogens is 2. The Bertz CT molecular complexity index is 733. The van der Waals surface area contributed by atoms with Gasteiger partial charge in [-0.25, -0.2) is 4.99 Å². The lowest BCUT2D eigenvalue weighted by atomic mass is 10.1. The molecule has 0 bridgehead atoms. The van der Waals surface area contributed by atoms with Gasteiger partial charge in [-0.05, 0) is 32.4 Å². The zero-order chi connectivity index (χ0) is 16.1. The first kappa shape index (κ1) is 14.6. The van der Waals surface area contributed by atoms with Gasteiger partial charge in [-0.3, -0.25) is 0 Å². The van der Waals surface area contributed by atoms with Gasteiger partial charge in [0, 0.05) is 30.3 Å². The lowest BCUT2D eigenvalue weighted by molar-refractivity contribution is -0.389. The zero-order valence-electron chi connectivity index (χ0n) is 12.9. The quantitative estimate of drug-likeness (QED) is 0.781. The van der Waals surface area contributed by atoms with E-state index in [0.717, 1.165) is 22.5 Å². The third-order valence-corrected chi connectivity index (χ3v) is 3.87. The van der Waals surface area contributed by atoms with Crippen molar-refractivity contribution in [3.05, 3.63) is 52.2 Å². The van der Waals surface area contributed by atoms with E-state index in [0.29, 0.717) is 11.4 Å². The second kappa shape index (κ2) is 4.86. The molecule has 0 unspecified atom stereocenters. The lowest BCUT2D eigenvalue weighted by Crippen LogP contribution is -2.68. The average molecular weight is 306 g/mol. The fourth-order valence-electron chi connectivity index (χ4n) is 2.38. The van der Waals surface area contributed by atoms with Crippen molar-refractivity contribution < 1.29 is 22.9 Å². The van der Waals surface area contributed by atoms with Crippen LogP contribution in [0.25, 0.3) is 5.76 Å². The summed E-state index contributed by atoms with van der Waals surface area (Å²) in [4.78, 5) is 6.09. The Balaban J connectivity index is 2.09. The van der Waals surface area contributed by atoms with Crippen LogP contribution in [0.1, 0.15) is 30.8 Å². The van der Waals surface area contributed by atoms with Crippen LogP contribution in [-0.2, 0) is 9.31 Å². The van der Waals surface area contributed by atoms with Crippen LogP contribution in [0.15, 0.2) is 35.2 Å². The third kappa shape index (κ3) is 2.58. The van der Waals surface area contributed by atoms with E-state index in [2.05, 4.69) is 9.98 Å². The van der Waals surface area contributed by atoms with Gasteiger partial charge >= 0.3 is 7.11 Å². The van der Waals surface area contributed by atoms with Crippen LogP contribution in [0, 0.1) is 13.8 Å². The Morgan fingerprint density at radius 2 is 1.82 bits per heavy atom. The van der Waals surface area contributed by atoms with Crippen molar-refractivity contribution in [2.24, 2.45) is 0 Å². The van der Waals surface area contributed by atoms with Crippen LogP contribution in [0.2, 0.25) is 0 Å². The van der Waals surface area contributed by atoms with Crippen molar-refractivity contribution in [3.63, 3.8) is 0 Å². The summed E-state index contributed by atoms with van der Waals surface area (Å²) < 4.78 is 37.1. The molecule has 4 nitrogen and oxygen atoms in total. The molecule has 0 saturated heterocycles. The molecule has 0 saturated carbocycles. The molecule has 0 spiro atoms. The number of hydrogen-bond donors (Lipinski definition) is 2. The van der Waals surface area contributed by atoms with Crippen molar-refractivity contribution in [1.82, 2.24) is 4.98 Å². The minimum atomic E-state index is -4.40. The highest BCUT2D eigenvalue weighted by Crippen LogP contribution is 2.33. The highest BCUT2D eigenvalue weighted by Gasteiger charge is 2.40. The van der Waals surface area contributed by atoms with Crippen molar-refractivity contribution in [3.8, 4) is 0 Å². The molecule has 2 aliphatic rings. The number of aryl methyl sites for hydroxylation is 2. The highest BCUT2D eigenvalue weighted by atomic mass is 19.3. The molecule has 3 heterocycles. The number of nitrogens with one attached hydrogen (secondary N) is 2. The number of allylic oxidation sites excluding steroid dienone is 3. The Labute approximate surface area is 127 Å². The minimum Gasteiger partial charge on any atom is -0.626 e. The molecule has 0 amide bonds. The summed E-state index contributed by atoms with van der Waals surface area (Å²) in [5, 5.41) is 0. The second-order valence-corrected chi connectivity index (χ2v) is 5.63. The predicted molar refractivity (Wildman–Crippen MR) is 80.8 cm³/mol. The van der Waals surface area contributed by atoms with E-state index in [4.69, 9.17) is 9.31 Å². The zero-order valence-corrected chi connectivity index (χ0v) is 12.9. The largest absolute Gasteiger partial charge is 0.726 e. The Morgan fingerprint density at radius 1 is 1.09 bits per heavy atom. The summed E-state index contributed by atoms with van der Waals surface area (Å²) in [5.41, 5.74) is 4.81. The number of H-pyrrole nitrogens is 1. The molecule has 0 fully saturated rings. The maximum atomic E-state index is 13.8.